The summed E-state index contributed by atoms with van der Waals surface area (Å²) in [5, 5.41) is 3.01. The fourth-order valence-electron chi connectivity index (χ4n) is 4.20. The summed E-state index contributed by atoms with van der Waals surface area (Å²) in [7, 11) is 0. The number of aromatic nitrogens is 2. The first kappa shape index (κ1) is 20.3. The predicted molar refractivity (Wildman–Crippen MR) is 130 cm³/mol. The lowest BCUT2D eigenvalue weighted by molar-refractivity contribution is 0.0944. The van der Waals surface area contributed by atoms with E-state index in [0.29, 0.717) is 17.0 Å². The van der Waals surface area contributed by atoms with Crippen molar-refractivity contribution in [3.05, 3.63) is 112 Å². The van der Waals surface area contributed by atoms with Gasteiger partial charge in [-0.1, -0.05) is 60.7 Å². The number of aromatic amines is 1. The molecule has 1 aliphatic rings. The average molecular weight is 441 g/mol. The van der Waals surface area contributed by atoms with E-state index in [0.717, 1.165) is 30.8 Å². The molecule has 1 aliphatic heterocycles. The van der Waals surface area contributed by atoms with Crippen LogP contribution >= 0.6 is 12.2 Å². The number of benzene rings is 3. The summed E-state index contributed by atoms with van der Waals surface area (Å²) in [6, 6.07) is 26.7. The molecule has 160 valence electrons. The molecule has 5 nitrogen and oxygen atoms in total. The number of hydrogen-bond donors (Lipinski definition) is 2. The van der Waals surface area contributed by atoms with Crippen molar-refractivity contribution in [3.63, 3.8) is 0 Å². The lowest BCUT2D eigenvalue weighted by Crippen LogP contribution is -2.25. The SMILES string of the molecule is O=C(NCc1ccc(CN2CCc3ccccc32)cc1)c1c[nH]c(=S)n1-c1ccccc1. The Hall–Kier alpha value is -3.64. The second-order valence-electron chi connectivity index (χ2n) is 7.95. The number of hydrogen-bond acceptors (Lipinski definition) is 3. The number of nitrogens with one attached hydrogen (secondary N) is 2. The summed E-state index contributed by atoms with van der Waals surface area (Å²) in [6.45, 7) is 2.41. The van der Waals surface area contributed by atoms with E-state index in [9.17, 15) is 4.79 Å². The number of carbonyl (C=O) groups is 1. The van der Waals surface area contributed by atoms with Crippen molar-refractivity contribution in [2.75, 3.05) is 11.4 Å². The number of imidazole rings is 1. The molecule has 1 aromatic heterocycles. The van der Waals surface area contributed by atoms with Crippen LogP contribution in [0.25, 0.3) is 5.69 Å². The topological polar surface area (TPSA) is 53.1 Å². The normalized spacial score (nSPS) is 12.6. The van der Waals surface area contributed by atoms with Gasteiger partial charge < -0.3 is 15.2 Å². The molecule has 4 aromatic rings. The third-order valence-corrected chi connectivity index (χ3v) is 6.16. The Morgan fingerprint density at radius 2 is 1.66 bits per heavy atom. The van der Waals surface area contributed by atoms with Crippen LogP contribution in [0.15, 0.2) is 85.1 Å². The van der Waals surface area contributed by atoms with Gasteiger partial charge in [-0.2, -0.15) is 0 Å². The van der Waals surface area contributed by atoms with E-state index in [4.69, 9.17) is 12.2 Å². The average Bonchev–Trinajstić information content (AvgIpc) is 3.42. The largest absolute Gasteiger partial charge is 0.367 e. The van der Waals surface area contributed by atoms with Gasteiger partial charge in [0.25, 0.3) is 5.91 Å². The van der Waals surface area contributed by atoms with Crippen LogP contribution in [0.5, 0.6) is 0 Å². The minimum Gasteiger partial charge on any atom is -0.367 e. The zero-order chi connectivity index (χ0) is 21.9. The van der Waals surface area contributed by atoms with E-state index in [2.05, 4.69) is 63.7 Å². The monoisotopic (exact) mass is 440 g/mol. The number of anilines is 1. The Labute approximate surface area is 192 Å². The van der Waals surface area contributed by atoms with Crippen molar-refractivity contribution in [3.8, 4) is 5.69 Å². The Kier molecular flexibility index (Phi) is 5.60. The number of para-hydroxylation sites is 2. The lowest BCUT2D eigenvalue weighted by atomic mass is 10.1. The van der Waals surface area contributed by atoms with Crippen LogP contribution < -0.4 is 10.2 Å². The van der Waals surface area contributed by atoms with Crippen LogP contribution in [0.3, 0.4) is 0 Å². The van der Waals surface area contributed by atoms with Crippen LogP contribution in [0.1, 0.15) is 27.2 Å². The van der Waals surface area contributed by atoms with Crippen molar-refractivity contribution in [1.29, 1.82) is 0 Å². The van der Waals surface area contributed by atoms with Crippen molar-refractivity contribution in [2.24, 2.45) is 0 Å². The zero-order valence-electron chi connectivity index (χ0n) is 17.6. The summed E-state index contributed by atoms with van der Waals surface area (Å²) >= 11 is 5.37. The number of fused-ring (bicyclic) bond motifs is 1. The number of H-pyrrole nitrogens is 1. The summed E-state index contributed by atoms with van der Waals surface area (Å²) in [4.78, 5) is 18.2. The molecule has 0 atom stereocenters. The third-order valence-electron chi connectivity index (χ3n) is 5.86. The van der Waals surface area contributed by atoms with Gasteiger partial charge in [-0.15, -0.1) is 0 Å². The summed E-state index contributed by atoms with van der Waals surface area (Å²) < 4.78 is 2.25. The smallest absolute Gasteiger partial charge is 0.270 e. The molecule has 2 heterocycles. The highest BCUT2D eigenvalue weighted by Crippen LogP contribution is 2.28. The van der Waals surface area contributed by atoms with Gasteiger partial charge in [-0.25, -0.2) is 0 Å². The van der Waals surface area contributed by atoms with Crippen LogP contribution in [-0.4, -0.2) is 22.0 Å². The molecule has 0 unspecified atom stereocenters. The molecule has 0 aliphatic carbocycles. The molecule has 6 heteroatoms. The highest BCUT2D eigenvalue weighted by atomic mass is 32.1. The second-order valence-corrected chi connectivity index (χ2v) is 8.34. The van der Waals surface area contributed by atoms with Gasteiger partial charge in [0, 0.05) is 37.2 Å². The summed E-state index contributed by atoms with van der Waals surface area (Å²) in [5.74, 6) is -0.168. The maximum Gasteiger partial charge on any atom is 0.270 e. The molecule has 0 spiro atoms. The van der Waals surface area contributed by atoms with E-state index in [1.54, 1.807) is 10.8 Å². The summed E-state index contributed by atoms with van der Waals surface area (Å²) in [6.07, 6.45) is 2.76. The van der Waals surface area contributed by atoms with Gasteiger partial charge in [-0.05, 0) is 53.5 Å². The van der Waals surface area contributed by atoms with Crippen molar-refractivity contribution < 1.29 is 4.79 Å². The quantitative estimate of drug-likeness (QED) is 0.414. The van der Waals surface area contributed by atoms with Crippen molar-refractivity contribution >= 4 is 23.8 Å². The molecular weight excluding hydrogens is 416 g/mol. The molecule has 2 N–H and O–H groups in total. The molecule has 0 bridgehead atoms. The number of carbonyl (C=O) groups excluding carboxylic acids is 1. The van der Waals surface area contributed by atoms with Crippen LogP contribution in [0.2, 0.25) is 0 Å². The minimum absolute atomic E-state index is 0.168. The van der Waals surface area contributed by atoms with Gasteiger partial charge >= 0.3 is 0 Å². The van der Waals surface area contributed by atoms with Crippen molar-refractivity contribution in [2.45, 2.75) is 19.5 Å². The first-order chi connectivity index (χ1) is 15.7. The van der Waals surface area contributed by atoms with Gasteiger partial charge in [0.05, 0.1) is 0 Å². The second kappa shape index (κ2) is 8.85. The maximum atomic E-state index is 12.8. The molecule has 5 rings (SSSR count). The zero-order valence-corrected chi connectivity index (χ0v) is 18.4. The predicted octanol–water partition coefficient (Wildman–Crippen LogP) is 5.03. The van der Waals surface area contributed by atoms with Gasteiger partial charge in [0.2, 0.25) is 0 Å². The van der Waals surface area contributed by atoms with Crippen LogP contribution in [-0.2, 0) is 19.5 Å². The van der Waals surface area contributed by atoms with Gasteiger partial charge in [-0.3, -0.25) is 9.36 Å². The minimum atomic E-state index is -0.168. The maximum absolute atomic E-state index is 12.8. The Balaban J connectivity index is 1.23. The molecule has 1 amide bonds. The molecule has 32 heavy (non-hydrogen) atoms. The van der Waals surface area contributed by atoms with Crippen molar-refractivity contribution in [1.82, 2.24) is 14.9 Å². The number of nitrogens with zero attached hydrogens (tertiary/aromatic N) is 2. The Morgan fingerprint density at radius 3 is 2.47 bits per heavy atom. The third kappa shape index (κ3) is 4.09. The first-order valence-corrected chi connectivity index (χ1v) is 11.1. The molecule has 3 aromatic carbocycles. The number of rotatable bonds is 6. The first-order valence-electron chi connectivity index (χ1n) is 10.7. The highest BCUT2D eigenvalue weighted by molar-refractivity contribution is 7.71. The van der Waals surface area contributed by atoms with E-state index >= 15 is 0 Å². The van der Waals surface area contributed by atoms with E-state index in [1.165, 1.54) is 16.8 Å². The molecule has 0 saturated carbocycles. The molecule has 0 fully saturated rings. The fraction of sp³-hybridized carbons (Fsp3) is 0.154. The van der Waals surface area contributed by atoms with E-state index in [1.807, 2.05) is 30.3 Å². The molecule has 0 radical (unpaired) electrons. The fourth-order valence-corrected chi connectivity index (χ4v) is 4.46. The number of amides is 1. The lowest BCUT2D eigenvalue weighted by Gasteiger charge is -2.19. The summed E-state index contributed by atoms with van der Waals surface area (Å²) in [5.41, 5.74) is 6.43. The van der Waals surface area contributed by atoms with E-state index in [-0.39, 0.29) is 5.91 Å². The molecule has 0 saturated heterocycles. The standard InChI is InChI=1S/C26H24N4OS/c31-25(24-17-28-26(32)30(24)22-7-2-1-3-8-22)27-16-19-10-12-20(13-11-19)18-29-15-14-21-6-4-5-9-23(21)29/h1-13,17H,14-16,18H2,(H,27,31)(H,28,32). The van der Waals surface area contributed by atoms with Gasteiger partial charge in [0.1, 0.15) is 5.69 Å². The highest BCUT2D eigenvalue weighted by Gasteiger charge is 2.18. The van der Waals surface area contributed by atoms with E-state index < -0.39 is 0 Å². The Morgan fingerprint density at radius 1 is 0.938 bits per heavy atom. The van der Waals surface area contributed by atoms with Crippen LogP contribution in [0, 0.1) is 4.77 Å². The Bertz CT molecular complexity index is 1290. The van der Waals surface area contributed by atoms with Crippen LogP contribution in [0.4, 0.5) is 5.69 Å². The van der Waals surface area contributed by atoms with Gasteiger partial charge in [0.15, 0.2) is 4.77 Å². The molecular formula is C26H24N4OS.